The number of carbonyl (C=O) groups excluding carboxylic acids is 2. The second kappa shape index (κ2) is 7.69. The number of rotatable bonds is 7. The van der Waals surface area contributed by atoms with Crippen LogP contribution >= 0.6 is 11.8 Å². The van der Waals surface area contributed by atoms with Gasteiger partial charge in [-0.05, 0) is 19.1 Å². The van der Waals surface area contributed by atoms with Gasteiger partial charge in [0.2, 0.25) is 5.91 Å². The summed E-state index contributed by atoms with van der Waals surface area (Å²) in [5.74, 6) is -0.975. The van der Waals surface area contributed by atoms with Gasteiger partial charge in [0.05, 0.1) is 12.2 Å². The van der Waals surface area contributed by atoms with Gasteiger partial charge in [0.1, 0.15) is 0 Å². The Hall–Kier alpha value is -1.82. The van der Waals surface area contributed by atoms with Crippen LogP contribution in [-0.2, 0) is 9.59 Å². The molecule has 0 aliphatic rings. The molecule has 0 spiro atoms. The SMILES string of the molecule is CC(=O)c1cccc(NC(=O)CSC(C)CC(=O)O)c1. The Bertz CT molecular complexity index is 516. The maximum Gasteiger partial charge on any atom is 0.304 e. The summed E-state index contributed by atoms with van der Waals surface area (Å²) in [5, 5.41) is 11.2. The highest BCUT2D eigenvalue weighted by Crippen LogP contribution is 2.16. The van der Waals surface area contributed by atoms with Gasteiger partial charge in [-0.1, -0.05) is 19.1 Å². The van der Waals surface area contributed by atoms with E-state index < -0.39 is 5.97 Å². The van der Waals surface area contributed by atoms with E-state index in [2.05, 4.69) is 5.32 Å². The van der Waals surface area contributed by atoms with Crippen molar-refractivity contribution in [2.24, 2.45) is 0 Å². The van der Waals surface area contributed by atoms with E-state index in [1.807, 2.05) is 0 Å². The predicted molar refractivity (Wildman–Crippen MR) is 79.2 cm³/mol. The van der Waals surface area contributed by atoms with Gasteiger partial charge in [-0.2, -0.15) is 0 Å². The van der Waals surface area contributed by atoms with E-state index in [1.165, 1.54) is 18.7 Å². The molecule has 0 heterocycles. The summed E-state index contributed by atoms with van der Waals surface area (Å²) in [5.41, 5.74) is 1.10. The average Bonchev–Trinajstić information content (AvgIpc) is 2.36. The molecule has 1 amide bonds. The Labute approximate surface area is 121 Å². The van der Waals surface area contributed by atoms with E-state index in [4.69, 9.17) is 5.11 Å². The third-order valence-electron chi connectivity index (χ3n) is 2.51. The molecule has 5 nitrogen and oxygen atoms in total. The fourth-order valence-corrected chi connectivity index (χ4v) is 2.30. The molecule has 1 unspecified atom stereocenters. The van der Waals surface area contributed by atoms with Crippen LogP contribution in [-0.4, -0.2) is 33.8 Å². The lowest BCUT2D eigenvalue weighted by Gasteiger charge is -2.09. The number of anilines is 1. The third kappa shape index (κ3) is 5.88. The van der Waals surface area contributed by atoms with Crippen molar-refractivity contribution in [2.75, 3.05) is 11.1 Å². The lowest BCUT2D eigenvalue weighted by Crippen LogP contribution is -2.17. The molecule has 20 heavy (non-hydrogen) atoms. The summed E-state index contributed by atoms with van der Waals surface area (Å²) in [4.78, 5) is 33.4. The van der Waals surface area contributed by atoms with Crippen molar-refractivity contribution in [3.05, 3.63) is 29.8 Å². The first kappa shape index (κ1) is 16.2. The molecule has 1 aromatic carbocycles. The normalized spacial score (nSPS) is 11.7. The van der Waals surface area contributed by atoms with Crippen molar-refractivity contribution >= 4 is 35.1 Å². The molecule has 0 saturated carbocycles. The van der Waals surface area contributed by atoms with E-state index in [9.17, 15) is 14.4 Å². The van der Waals surface area contributed by atoms with Crippen LogP contribution in [0.5, 0.6) is 0 Å². The molecule has 0 aromatic heterocycles. The Morgan fingerprint density at radius 1 is 1.35 bits per heavy atom. The molecule has 0 aliphatic heterocycles. The molecule has 0 radical (unpaired) electrons. The van der Waals surface area contributed by atoms with E-state index in [1.54, 1.807) is 31.2 Å². The molecule has 2 N–H and O–H groups in total. The predicted octanol–water partition coefficient (Wildman–Crippen LogP) is 2.42. The zero-order valence-corrected chi connectivity index (χ0v) is 12.2. The minimum absolute atomic E-state index is 0.0256. The minimum atomic E-state index is -0.875. The zero-order chi connectivity index (χ0) is 15.1. The minimum Gasteiger partial charge on any atom is -0.481 e. The van der Waals surface area contributed by atoms with Crippen molar-refractivity contribution in [3.8, 4) is 0 Å². The molecular weight excluding hydrogens is 278 g/mol. The number of amides is 1. The van der Waals surface area contributed by atoms with Crippen LogP contribution < -0.4 is 5.32 Å². The first-order valence-corrected chi connectivity index (χ1v) is 7.17. The van der Waals surface area contributed by atoms with Crippen molar-refractivity contribution in [3.63, 3.8) is 0 Å². The Morgan fingerprint density at radius 3 is 2.65 bits per heavy atom. The zero-order valence-electron chi connectivity index (χ0n) is 11.4. The topological polar surface area (TPSA) is 83.5 Å². The van der Waals surface area contributed by atoms with Crippen molar-refractivity contribution in [1.29, 1.82) is 0 Å². The van der Waals surface area contributed by atoms with Crippen molar-refractivity contribution in [2.45, 2.75) is 25.5 Å². The first-order valence-electron chi connectivity index (χ1n) is 6.12. The fourth-order valence-electron chi connectivity index (χ4n) is 1.54. The van der Waals surface area contributed by atoms with Gasteiger partial charge in [0.15, 0.2) is 5.78 Å². The number of hydrogen-bond donors (Lipinski definition) is 2. The summed E-state index contributed by atoms with van der Waals surface area (Å²) in [7, 11) is 0. The summed E-state index contributed by atoms with van der Waals surface area (Å²) in [6, 6.07) is 6.70. The second-order valence-corrected chi connectivity index (χ2v) is 5.83. The van der Waals surface area contributed by atoms with Gasteiger partial charge in [-0.25, -0.2) is 0 Å². The van der Waals surface area contributed by atoms with Crippen LogP contribution in [0, 0.1) is 0 Å². The lowest BCUT2D eigenvalue weighted by atomic mass is 10.1. The Balaban J connectivity index is 2.48. The highest BCUT2D eigenvalue weighted by atomic mass is 32.2. The highest BCUT2D eigenvalue weighted by molar-refractivity contribution is 8.00. The number of carbonyl (C=O) groups is 3. The lowest BCUT2D eigenvalue weighted by molar-refractivity contribution is -0.136. The summed E-state index contributed by atoms with van der Waals surface area (Å²) in [6.45, 7) is 3.23. The average molecular weight is 295 g/mol. The second-order valence-electron chi connectivity index (χ2n) is 4.40. The van der Waals surface area contributed by atoms with Crippen LogP contribution in [0.3, 0.4) is 0 Å². The number of nitrogens with one attached hydrogen (secondary N) is 1. The summed E-state index contributed by atoms with van der Waals surface area (Å²) < 4.78 is 0. The molecule has 1 rings (SSSR count). The number of benzene rings is 1. The number of Topliss-reactive ketones (excluding diaryl/α,β-unsaturated/α-hetero) is 1. The number of carboxylic acids is 1. The highest BCUT2D eigenvalue weighted by Gasteiger charge is 2.11. The van der Waals surface area contributed by atoms with E-state index >= 15 is 0 Å². The fraction of sp³-hybridized carbons (Fsp3) is 0.357. The molecule has 0 bridgehead atoms. The van der Waals surface area contributed by atoms with E-state index in [-0.39, 0.29) is 29.1 Å². The van der Waals surface area contributed by atoms with Gasteiger partial charge in [0.25, 0.3) is 0 Å². The van der Waals surface area contributed by atoms with Crippen LogP contribution in [0.25, 0.3) is 0 Å². The van der Waals surface area contributed by atoms with Gasteiger partial charge in [-0.3, -0.25) is 14.4 Å². The molecule has 6 heteroatoms. The molecule has 1 aromatic rings. The maximum atomic E-state index is 11.7. The maximum absolute atomic E-state index is 11.7. The largest absolute Gasteiger partial charge is 0.481 e. The number of thioether (sulfide) groups is 1. The molecule has 0 aliphatic carbocycles. The Morgan fingerprint density at radius 2 is 2.05 bits per heavy atom. The van der Waals surface area contributed by atoms with E-state index in [0.717, 1.165) is 0 Å². The van der Waals surface area contributed by atoms with Crippen LogP contribution in [0.2, 0.25) is 0 Å². The quantitative estimate of drug-likeness (QED) is 0.755. The molecule has 108 valence electrons. The number of ketones is 1. The van der Waals surface area contributed by atoms with Crippen molar-refractivity contribution < 1.29 is 19.5 Å². The third-order valence-corrected chi connectivity index (χ3v) is 3.68. The smallest absolute Gasteiger partial charge is 0.304 e. The Kier molecular flexibility index (Phi) is 6.24. The first-order chi connectivity index (χ1) is 9.38. The monoisotopic (exact) mass is 295 g/mol. The van der Waals surface area contributed by atoms with E-state index in [0.29, 0.717) is 11.3 Å². The number of carboxylic acid groups (broad SMARTS) is 1. The molecule has 0 fully saturated rings. The molecule has 1 atom stereocenters. The van der Waals surface area contributed by atoms with Crippen molar-refractivity contribution in [1.82, 2.24) is 0 Å². The standard InChI is InChI=1S/C14H17NO4S/c1-9(6-14(18)19)20-8-13(17)15-12-5-3-4-11(7-12)10(2)16/h3-5,7,9H,6,8H2,1-2H3,(H,15,17)(H,18,19). The molecule has 0 saturated heterocycles. The molecular formula is C14H17NO4S. The summed E-state index contributed by atoms with van der Waals surface area (Å²) >= 11 is 1.28. The number of aliphatic carboxylic acids is 1. The van der Waals surface area contributed by atoms with Crippen LogP contribution in [0.15, 0.2) is 24.3 Å². The van der Waals surface area contributed by atoms with Gasteiger partial charge in [0, 0.05) is 16.5 Å². The number of hydrogen-bond acceptors (Lipinski definition) is 4. The van der Waals surface area contributed by atoms with Gasteiger partial charge in [-0.15, -0.1) is 11.8 Å². The van der Waals surface area contributed by atoms with Crippen LogP contribution in [0.4, 0.5) is 5.69 Å². The van der Waals surface area contributed by atoms with Gasteiger partial charge < -0.3 is 10.4 Å². The van der Waals surface area contributed by atoms with Crippen LogP contribution in [0.1, 0.15) is 30.6 Å². The van der Waals surface area contributed by atoms with Gasteiger partial charge >= 0.3 is 5.97 Å². The summed E-state index contributed by atoms with van der Waals surface area (Å²) in [6.07, 6.45) is 0.0256.